The Morgan fingerprint density at radius 3 is 2.71 bits per heavy atom. The van der Waals surface area contributed by atoms with Gasteiger partial charge in [0.1, 0.15) is 5.82 Å². The fourth-order valence-electron chi connectivity index (χ4n) is 3.01. The van der Waals surface area contributed by atoms with Gasteiger partial charge < -0.3 is 9.88 Å². The van der Waals surface area contributed by atoms with Crippen LogP contribution in [-0.4, -0.2) is 19.5 Å². The normalized spacial score (nSPS) is 11.0. The minimum atomic E-state index is -1.25. The number of halogens is 2. The molecule has 0 spiro atoms. The topological polar surface area (TPSA) is 85.9 Å². The van der Waals surface area contributed by atoms with Crippen molar-refractivity contribution in [1.82, 2.24) is 14.5 Å². The monoisotopic (exact) mass is 381 g/mol. The number of benzene rings is 2. The van der Waals surface area contributed by atoms with Crippen molar-refractivity contribution in [3.8, 4) is 11.3 Å². The van der Waals surface area contributed by atoms with E-state index in [4.69, 9.17) is 0 Å². The average Bonchev–Trinajstić information content (AvgIpc) is 3.01. The van der Waals surface area contributed by atoms with Gasteiger partial charge in [-0.1, -0.05) is 18.2 Å². The van der Waals surface area contributed by atoms with E-state index in [0.717, 1.165) is 22.5 Å². The quantitative estimate of drug-likeness (QED) is 0.414. The van der Waals surface area contributed by atoms with Gasteiger partial charge in [0.2, 0.25) is 11.8 Å². The van der Waals surface area contributed by atoms with Crippen LogP contribution in [0.1, 0.15) is 0 Å². The molecular weight excluding hydrogens is 368 g/mol. The molecule has 9 heteroatoms. The van der Waals surface area contributed by atoms with E-state index < -0.39 is 22.2 Å². The van der Waals surface area contributed by atoms with Gasteiger partial charge in [-0.25, -0.2) is 14.4 Å². The summed E-state index contributed by atoms with van der Waals surface area (Å²) in [7, 11) is 1.92. The molecule has 7 nitrogen and oxygen atoms in total. The van der Waals surface area contributed by atoms with Crippen molar-refractivity contribution in [3.05, 3.63) is 76.6 Å². The molecule has 0 amide bonds. The van der Waals surface area contributed by atoms with Crippen LogP contribution in [0.5, 0.6) is 0 Å². The minimum absolute atomic E-state index is 0.0326. The second kappa shape index (κ2) is 6.69. The lowest BCUT2D eigenvalue weighted by molar-refractivity contribution is -0.387. The van der Waals surface area contributed by atoms with Gasteiger partial charge in [0, 0.05) is 48.0 Å². The van der Waals surface area contributed by atoms with Gasteiger partial charge >= 0.3 is 5.69 Å². The van der Waals surface area contributed by atoms with Crippen molar-refractivity contribution < 1.29 is 13.7 Å². The Balaban J connectivity index is 1.74. The number of nitro benzene ring substituents is 1. The van der Waals surface area contributed by atoms with Crippen molar-refractivity contribution >= 4 is 28.2 Å². The summed E-state index contributed by atoms with van der Waals surface area (Å²) in [4.78, 5) is 18.4. The number of para-hydroxylation sites is 1. The molecule has 28 heavy (non-hydrogen) atoms. The fourth-order valence-corrected chi connectivity index (χ4v) is 3.01. The molecule has 0 radical (unpaired) electrons. The van der Waals surface area contributed by atoms with E-state index in [1.165, 1.54) is 6.20 Å². The van der Waals surface area contributed by atoms with Crippen molar-refractivity contribution in [1.29, 1.82) is 0 Å². The molecule has 0 saturated heterocycles. The number of fused-ring (bicyclic) bond motifs is 1. The lowest BCUT2D eigenvalue weighted by Crippen LogP contribution is -2.02. The van der Waals surface area contributed by atoms with E-state index in [1.54, 1.807) is 6.07 Å². The standard InChI is InChI=1S/C19H13F2N5O2/c1-25-10-12(11-4-2-3-5-17(11)25)15-6-7-22-19(23-15)24-16-9-18(26(27)28)14(21)8-13(16)20/h2-10H,1H3,(H,22,23,24). The largest absolute Gasteiger partial charge is 0.350 e. The van der Waals surface area contributed by atoms with Crippen LogP contribution < -0.4 is 5.32 Å². The van der Waals surface area contributed by atoms with Gasteiger partial charge in [0.05, 0.1) is 16.3 Å². The van der Waals surface area contributed by atoms with Crippen LogP contribution in [0.3, 0.4) is 0 Å². The summed E-state index contributed by atoms with van der Waals surface area (Å²) in [6, 6.07) is 10.7. The molecule has 0 saturated carbocycles. The van der Waals surface area contributed by atoms with Crippen LogP contribution in [0.15, 0.2) is 54.9 Å². The molecule has 1 N–H and O–H groups in total. The van der Waals surface area contributed by atoms with Gasteiger partial charge in [-0.2, -0.15) is 4.39 Å². The summed E-state index contributed by atoms with van der Waals surface area (Å²) in [6.45, 7) is 0. The van der Waals surface area contributed by atoms with Gasteiger partial charge in [0.25, 0.3) is 0 Å². The minimum Gasteiger partial charge on any atom is -0.350 e. The highest BCUT2D eigenvalue weighted by molar-refractivity contribution is 5.95. The number of hydrogen-bond donors (Lipinski definition) is 1. The van der Waals surface area contributed by atoms with Crippen LogP contribution >= 0.6 is 0 Å². The lowest BCUT2D eigenvalue weighted by Gasteiger charge is -2.07. The lowest BCUT2D eigenvalue weighted by atomic mass is 10.1. The molecular formula is C19H13F2N5O2. The number of rotatable bonds is 4. The number of aromatic nitrogens is 3. The van der Waals surface area contributed by atoms with Crippen molar-refractivity contribution in [2.24, 2.45) is 7.05 Å². The zero-order chi connectivity index (χ0) is 19.8. The van der Waals surface area contributed by atoms with Gasteiger partial charge in [-0.05, 0) is 12.1 Å². The number of nitrogens with zero attached hydrogens (tertiary/aromatic N) is 4. The highest BCUT2D eigenvalue weighted by Crippen LogP contribution is 2.30. The third kappa shape index (κ3) is 3.02. The molecule has 4 aromatic rings. The number of hydrogen-bond acceptors (Lipinski definition) is 5. The van der Waals surface area contributed by atoms with Gasteiger partial charge in [-0.15, -0.1) is 0 Å². The Morgan fingerprint density at radius 1 is 1.14 bits per heavy atom. The first-order valence-electron chi connectivity index (χ1n) is 8.22. The first kappa shape index (κ1) is 17.5. The summed E-state index contributed by atoms with van der Waals surface area (Å²) in [6.07, 6.45) is 3.41. The van der Waals surface area contributed by atoms with E-state index in [2.05, 4.69) is 15.3 Å². The summed E-state index contributed by atoms with van der Waals surface area (Å²) < 4.78 is 29.5. The van der Waals surface area contributed by atoms with Crippen molar-refractivity contribution in [2.45, 2.75) is 0 Å². The van der Waals surface area contributed by atoms with E-state index in [0.29, 0.717) is 11.8 Å². The van der Waals surface area contributed by atoms with Gasteiger partial charge in [0.15, 0.2) is 0 Å². The maximum Gasteiger partial charge on any atom is 0.307 e. The zero-order valence-electron chi connectivity index (χ0n) is 14.6. The third-order valence-electron chi connectivity index (χ3n) is 4.31. The number of aryl methyl sites for hydroxylation is 1. The van der Waals surface area contributed by atoms with Crippen LogP contribution in [0, 0.1) is 21.7 Å². The van der Waals surface area contributed by atoms with Gasteiger partial charge in [-0.3, -0.25) is 10.1 Å². The molecule has 0 fully saturated rings. The van der Waals surface area contributed by atoms with Crippen LogP contribution in [0.2, 0.25) is 0 Å². The predicted octanol–water partition coefficient (Wildman–Crippen LogP) is 4.57. The number of nitrogens with one attached hydrogen (secondary N) is 1. The Kier molecular flexibility index (Phi) is 4.19. The molecule has 2 aromatic carbocycles. The Hall–Kier alpha value is -3.88. The van der Waals surface area contributed by atoms with Crippen molar-refractivity contribution in [2.75, 3.05) is 5.32 Å². The first-order chi connectivity index (χ1) is 13.4. The van der Waals surface area contributed by atoms with Crippen molar-refractivity contribution in [3.63, 3.8) is 0 Å². The molecule has 2 heterocycles. The number of anilines is 2. The molecule has 0 bridgehead atoms. The van der Waals surface area contributed by atoms with E-state index in [9.17, 15) is 18.9 Å². The summed E-state index contributed by atoms with van der Waals surface area (Å²) >= 11 is 0. The molecule has 0 aliphatic heterocycles. The molecule has 0 aliphatic carbocycles. The van der Waals surface area contributed by atoms with Crippen LogP contribution in [-0.2, 0) is 7.05 Å². The second-order valence-corrected chi connectivity index (χ2v) is 6.10. The molecule has 0 unspecified atom stereocenters. The molecule has 0 aliphatic rings. The molecule has 0 atom stereocenters. The van der Waals surface area contributed by atoms with E-state index in [-0.39, 0.29) is 11.6 Å². The zero-order valence-corrected chi connectivity index (χ0v) is 14.6. The maximum atomic E-state index is 14.0. The van der Waals surface area contributed by atoms with E-state index in [1.807, 2.05) is 42.1 Å². The SMILES string of the molecule is Cn1cc(-c2ccnc(Nc3cc([N+](=O)[O-])c(F)cc3F)n2)c2ccccc21. The number of nitro groups is 1. The third-order valence-corrected chi connectivity index (χ3v) is 4.31. The van der Waals surface area contributed by atoms with Crippen LogP contribution in [0.25, 0.3) is 22.2 Å². The molecule has 4 rings (SSSR count). The molecule has 2 aromatic heterocycles. The fraction of sp³-hybridized carbons (Fsp3) is 0.0526. The summed E-state index contributed by atoms with van der Waals surface area (Å²) in [5, 5.41) is 14.5. The Bertz CT molecular complexity index is 1220. The second-order valence-electron chi connectivity index (χ2n) is 6.10. The first-order valence-corrected chi connectivity index (χ1v) is 8.22. The Morgan fingerprint density at radius 2 is 1.93 bits per heavy atom. The predicted molar refractivity (Wildman–Crippen MR) is 100 cm³/mol. The highest BCUT2D eigenvalue weighted by atomic mass is 19.1. The summed E-state index contributed by atoms with van der Waals surface area (Å²) in [5.41, 5.74) is 1.34. The maximum absolute atomic E-state index is 14.0. The van der Waals surface area contributed by atoms with E-state index >= 15 is 0 Å². The van der Waals surface area contributed by atoms with Crippen LogP contribution in [0.4, 0.5) is 26.1 Å². The average molecular weight is 381 g/mol. The smallest absolute Gasteiger partial charge is 0.307 e. The highest BCUT2D eigenvalue weighted by Gasteiger charge is 2.19. The Labute approximate surface area is 157 Å². The summed E-state index contributed by atoms with van der Waals surface area (Å²) in [5.74, 6) is -2.20. The molecule has 140 valence electrons.